The smallest absolute Gasteiger partial charge is 0.408 e. The molecule has 0 aromatic heterocycles. The molecule has 14 nitrogen and oxygen atoms in total. The molecule has 67 heavy (non-hydrogen) atoms. The third-order valence-corrected chi connectivity index (χ3v) is 11.8. The highest BCUT2D eigenvalue weighted by atomic mass is 35.5. The van der Waals surface area contributed by atoms with Crippen molar-refractivity contribution in [2.45, 2.75) is 103 Å². The molecule has 4 amide bonds. The van der Waals surface area contributed by atoms with E-state index in [-0.39, 0.29) is 69.9 Å². The predicted molar refractivity (Wildman–Crippen MR) is 257 cm³/mol. The molecule has 4 unspecified atom stereocenters. The summed E-state index contributed by atoms with van der Waals surface area (Å²) < 4.78 is 22.3. The highest BCUT2D eigenvalue weighted by Gasteiger charge is 2.34. The largest absolute Gasteiger partial charge is 0.461 e. The number of hydrogen-bond donors (Lipinski definition) is 4. The monoisotopic (exact) mass is 1020 g/mol. The molecule has 4 atom stereocenters. The van der Waals surface area contributed by atoms with Crippen molar-refractivity contribution < 1.29 is 47.7 Å². The number of carbonyl (C=O) groups is 6. The molecule has 19 heteroatoms. The number of benzene rings is 4. The zero-order chi connectivity index (χ0) is 49.3. The average molecular weight is 1020 g/mol. The standard InChI is InChI=1S/C48H53Cl5N4O10/c1-28(2)23-33(54-43(59)32(57-47(63)67-48(3,4)5)21-22-36(58)65-26-31-19-13-8-14-20-31)44(60)56-35(27-64-25-30-17-11-7-12-18-30)45(61)55-34(24-29-15-9-6-10-16-29)46(62)66-42-40(52)38(50)37(49)39(51)41(42)53/h6-20,28,32-35H,21-27H2,1-5H3,(H,54,59)(H,55,61)(H,56,60)(H,57,63). The van der Waals surface area contributed by atoms with Crippen LogP contribution in [0.25, 0.3) is 0 Å². The molecule has 0 saturated heterocycles. The van der Waals surface area contributed by atoms with Gasteiger partial charge in [0.1, 0.15) is 46.4 Å². The third-order valence-electron chi connectivity index (χ3n) is 9.51. The van der Waals surface area contributed by atoms with Crippen molar-refractivity contribution in [3.8, 4) is 5.75 Å². The number of carbonyl (C=O) groups excluding carboxylic acids is 6. The zero-order valence-electron chi connectivity index (χ0n) is 37.5. The Labute approximate surface area is 415 Å². The van der Waals surface area contributed by atoms with Gasteiger partial charge in [0.2, 0.25) is 17.7 Å². The van der Waals surface area contributed by atoms with E-state index in [9.17, 15) is 28.8 Å². The maximum Gasteiger partial charge on any atom is 0.408 e. The lowest BCUT2D eigenvalue weighted by molar-refractivity contribution is -0.145. The molecule has 0 radical (unpaired) electrons. The topological polar surface area (TPSA) is 187 Å². The van der Waals surface area contributed by atoms with Crippen LogP contribution < -0.4 is 26.0 Å². The average Bonchev–Trinajstić information content (AvgIpc) is 3.29. The minimum atomic E-state index is -1.46. The van der Waals surface area contributed by atoms with Crippen LogP contribution in [0, 0.1) is 5.92 Å². The Bertz CT molecular complexity index is 2290. The fourth-order valence-electron chi connectivity index (χ4n) is 6.25. The molecule has 0 spiro atoms. The van der Waals surface area contributed by atoms with Gasteiger partial charge in [0.15, 0.2) is 5.75 Å². The van der Waals surface area contributed by atoms with Gasteiger partial charge in [-0.25, -0.2) is 9.59 Å². The molecule has 0 aliphatic heterocycles. The van der Waals surface area contributed by atoms with Gasteiger partial charge in [-0.3, -0.25) is 19.2 Å². The second kappa shape index (κ2) is 26.5. The maximum atomic E-state index is 14.4. The number of rotatable bonds is 22. The Hall–Kier alpha value is -5.09. The summed E-state index contributed by atoms with van der Waals surface area (Å²) in [7, 11) is 0. The van der Waals surface area contributed by atoms with Gasteiger partial charge in [-0.15, -0.1) is 0 Å². The molecule has 0 heterocycles. The van der Waals surface area contributed by atoms with Crippen LogP contribution in [-0.4, -0.2) is 72.1 Å². The van der Waals surface area contributed by atoms with Crippen LogP contribution >= 0.6 is 58.0 Å². The van der Waals surface area contributed by atoms with Crippen LogP contribution in [0.2, 0.25) is 25.1 Å². The van der Waals surface area contributed by atoms with Gasteiger partial charge in [-0.1, -0.05) is 163 Å². The molecule has 0 aliphatic carbocycles. The number of amides is 4. The first-order chi connectivity index (χ1) is 31.7. The van der Waals surface area contributed by atoms with Crippen LogP contribution in [-0.2, 0) is 57.8 Å². The first-order valence-electron chi connectivity index (χ1n) is 21.2. The molecule has 4 rings (SSSR count). The summed E-state index contributed by atoms with van der Waals surface area (Å²) in [5, 5.41) is 9.34. The first-order valence-corrected chi connectivity index (χ1v) is 23.1. The van der Waals surface area contributed by atoms with Gasteiger partial charge in [0, 0.05) is 12.8 Å². The Balaban J connectivity index is 1.60. The van der Waals surface area contributed by atoms with Gasteiger partial charge in [-0.2, -0.15) is 0 Å². The lowest BCUT2D eigenvalue weighted by Gasteiger charge is -2.27. The van der Waals surface area contributed by atoms with Crippen molar-refractivity contribution in [3.05, 3.63) is 133 Å². The summed E-state index contributed by atoms with van der Waals surface area (Å²) in [6.45, 7) is 8.22. The highest BCUT2D eigenvalue weighted by molar-refractivity contribution is 6.55. The molecule has 0 aliphatic rings. The van der Waals surface area contributed by atoms with E-state index in [0.29, 0.717) is 5.56 Å². The number of ether oxygens (including phenoxy) is 4. The van der Waals surface area contributed by atoms with Crippen molar-refractivity contribution >= 4 is 93.8 Å². The molecule has 0 fully saturated rings. The third kappa shape index (κ3) is 18.2. The Kier molecular flexibility index (Phi) is 21.5. The van der Waals surface area contributed by atoms with Gasteiger partial charge in [0.25, 0.3) is 0 Å². The number of nitrogens with one attached hydrogen (secondary N) is 4. The maximum absolute atomic E-state index is 14.4. The first kappa shape index (κ1) is 54.5. The van der Waals surface area contributed by atoms with E-state index in [1.165, 1.54) is 0 Å². The van der Waals surface area contributed by atoms with Crippen LogP contribution in [0.3, 0.4) is 0 Å². The summed E-state index contributed by atoms with van der Waals surface area (Å²) in [5.41, 5.74) is 1.22. The minimum absolute atomic E-state index is 0.000542. The van der Waals surface area contributed by atoms with Crippen LogP contribution in [0.1, 0.15) is 70.6 Å². The molecule has 4 aromatic rings. The summed E-state index contributed by atoms with van der Waals surface area (Å²) in [4.78, 5) is 82.4. The Morgan fingerprint density at radius 3 is 1.57 bits per heavy atom. The SMILES string of the molecule is CC(C)CC(NC(=O)C(CCC(=O)OCc1ccccc1)NC(=O)OC(C)(C)C)C(=O)NC(COCc1ccccc1)C(=O)NC(Cc1ccccc1)C(=O)Oc1c(Cl)c(Cl)c(Cl)c(Cl)c1Cl. The number of alkyl carbamates (subject to hydrolysis) is 1. The van der Waals surface area contributed by atoms with E-state index in [1.54, 1.807) is 75.4 Å². The van der Waals surface area contributed by atoms with Gasteiger partial charge >= 0.3 is 18.0 Å². The highest BCUT2D eigenvalue weighted by Crippen LogP contribution is 2.48. The van der Waals surface area contributed by atoms with Crippen molar-refractivity contribution in [1.82, 2.24) is 21.3 Å². The van der Waals surface area contributed by atoms with Crippen LogP contribution in [0.15, 0.2) is 91.0 Å². The molecule has 360 valence electrons. The van der Waals surface area contributed by atoms with Crippen molar-refractivity contribution in [2.75, 3.05) is 6.61 Å². The Morgan fingerprint density at radius 2 is 1.03 bits per heavy atom. The second-order valence-electron chi connectivity index (χ2n) is 16.7. The van der Waals surface area contributed by atoms with E-state index < -0.39 is 77.9 Å². The van der Waals surface area contributed by atoms with E-state index in [2.05, 4.69) is 21.3 Å². The van der Waals surface area contributed by atoms with E-state index in [4.69, 9.17) is 77.0 Å². The Morgan fingerprint density at radius 1 is 0.567 bits per heavy atom. The van der Waals surface area contributed by atoms with Gasteiger partial charge < -0.3 is 40.2 Å². The van der Waals surface area contributed by atoms with Crippen LogP contribution in [0.5, 0.6) is 5.75 Å². The summed E-state index contributed by atoms with van der Waals surface area (Å²) >= 11 is 31.4. The quantitative estimate of drug-likeness (QED) is 0.0256. The molecule has 0 bridgehead atoms. The number of halogens is 5. The summed E-state index contributed by atoms with van der Waals surface area (Å²) in [5.74, 6) is -4.70. The van der Waals surface area contributed by atoms with Crippen molar-refractivity contribution in [2.24, 2.45) is 5.92 Å². The summed E-state index contributed by atoms with van der Waals surface area (Å²) in [6, 6.07) is 21.2. The lowest BCUT2D eigenvalue weighted by atomic mass is 10.0. The van der Waals surface area contributed by atoms with E-state index in [1.807, 2.05) is 50.2 Å². The normalized spacial score (nSPS) is 13.1. The fourth-order valence-corrected chi connectivity index (χ4v) is 7.45. The molecular weight excluding hydrogens is 970 g/mol. The van der Waals surface area contributed by atoms with Crippen molar-refractivity contribution in [1.29, 1.82) is 0 Å². The zero-order valence-corrected chi connectivity index (χ0v) is 41.2. The van der Waals surface area contributed by atoms with Gasteiger partial charge in [0.05, 0.1) is 28.3 Å². The van der Waals surface area contributed by atoms with E-state index >= 15 is 0 Å². The molecular formula is C48H53Cl5N4O10. The summed E-state index contributed by atoms with van der Waals surface area (Å²) in [6.07, 6.45) is -1.44. The second-order valence-corrected chi connectivity index (χ2v) is 18.6. The van der Waals surface area contributed by atoms with Gasteiger partial charge in [-0.05, 0) is 56.2 Å². The van der Waals surface area contributed by atoms with E-state index in [0.717, 1.165) is 11.1 Å². The molecule has 4 N–H and O–H groups in total. The number of esters is 2. The predicted octanol–water partition coefficient (Wildman–Crippen LogP) is 9.24. The minimum Gasteiger partial charge on any atom is -0.461 e. The van der Waals surface area contributed by atoms with Crippen molar-refractivity contribution in [3.63, 3.8) is 0 Å². The lowest BCUT2D eigenvalue weighted by Crippen LogP contribution is -2.59. The fraction of sp³-hybridized carbons (Fsp3) is 0.375. The molecule has 4 aromatic carbocycles. The number of hydrogen-bond acceptors (Lipinski definition) is 10. The molecule has 0 saturated carbocycles. The van der Waals surface area contributed by atoms with Crippen LogP contribution in [0.4, 0.5) is 4.79 Å².